The third-order valence-electron chi connectivity index (χ3n) is 5.59. The van der Waals surface area contributed by atoms with Gasteiger partial charge in [-0.2, -0.15) is 5.10 Å². The summed E-state index contributed by atoms with van der Waals surface area (Å²) in [5.74, 6) is 1.21. The number of piperazine rings is 1. The van der Waals surface area contributed by atoms with Gasteiger partial charge in [-0.25, -0.2) is 4.68 Å². The molecule has 1 saturated heterocycles. The first-order chi connectivity index (χ1) is 14.5. The molecular weight excluding hydrogens is 398 g/mol. The van der Waals surface area contributed by atoms with Crippen LogP contribution in [0.2, 0.25) is 0 Å². The summed E-state index contributed by atoms with van der Waals surface area (Å²) in [6.07, 6.45) is 3.86. The van der Waals surface area contributed by atoms with E-state index < -0.39 is 0 Å². The van der Waals surface area contributed by atoms with Crippen LogP contribution in [-0.2, 0) is 6.54 Å². The third-order valence-corrected chi connectivity index (χ3v) is 5.98. The number of benzene rings is 1. The smallest absolute Gasteiger partial charge is 0.169 e. The number of aromatic nitrogens is 3. The Labute approximate surface area is 182 Å². The minimum atomic E-state index is 0.410. The van der Waals surface area contributed by atoms with Gasteiger partial charge in [-0.15, -0.1) is 0 Å². The Bertz CT molecular complexity index is 1000. The Morgan fingerprint density at radius 1 is 1.00 bits per heavy atom. The Hall–Kier alpha value is -2.74. The highest BCUT2D eigenvalue weighted by Gasteiger charge is 2.22. The van der Waals surface area contributed by atoms with Crippen LogP contribution in [0.25, 0.3) is 16.5 Å². The largest absolute Gasteiger partial charge is 0.397 e. The maximum Gasteiger partial charge on any atom is 0.169 e. The van der Waals surface area contributed by atoms with Crippen LogP contribution in [0.15, 0.2) is 54.9 Å². The second kappa shape index (κ2) is 8.95. The molecule has 4 N–H and O–H groups in total. The SMILES string of the molecule is CN1CCN(CCn2nc(-n3cccc3)c(/C(Cl)=C(\N)c3ccccc3)c2N)CC1. The van der Waals surface area contributed by atoms with E-state index in [4.69, 9.17) is 28.2 Å². The standard InChI is InChI=1S/C22H28ClN7/c1-27-11-13-28(14-12-27)15-16-30-21(25)18(22(26-30)29-9-5-6-10-29)19(23)20(24)17-7-3-2-4-8-17/h2-10H,11-16,24-25H2,1H3/b20-19+. The third kappa shape index (κ3) is 4.23. The first-order valence-corrected chi connectivity index (χ1v) is 10.5. The Kier molecular flexibility index (Phi) is 6.13. The highest BCUT2D eigenvalue weighted by molar-refractivity contribution is 6.53. The molecule has 3 aromatic rings. The minimum absolute atomic E-state index is 0.410. The molecule has 0 atom stereocenters. The normalized spacial score (nSPS) is 16.6. The molecule has 0 aliphatic carbocycles. The lowest BCUT2D eigenvalue weighted by Crippen LogP contribution is -2.45. The topological polar surface area (TPSA) is 81.3 Å². The summed E-state index contributed by atoms with van der Waals surface area (Å²) in [5, 5.41) is 5.20. The quantitative estimate of drug-likeness (QED) is 0.634. The Morgan fingerprint density at radius 3 is 2.33 bits per heavy atom. The molecule has 0 radical (unpaired) electrons. The molecule has 30 heavy (non-hydrogen) atoms. The molecule has 1 fully saturated rings. The lowest BCUT2D eigenvalue weighted by molar-refractivity contribution is 0.149. The molecule has 0 amide bonds. The van der Waals surface area contributed by atoms with Crippen molar-refractivity contribution in [2.24, 2.45) is 5.73 Å². The lowest BCUT2D eigenvalue weighted by Gasteiger charge is -2.32. The summed E-state index contributed by atoms with van der Waals surface area (Å²) < 4.78 is 3.75. The van der Waals surface area contributed by atoms with Gasteiger partial charge in [-0.05, 0) is 24.7 Å². The Balaban J connectivity index is 1.67. The summed E-state index contributed by atoms with van der Waals surface area (Å²) >= 11 is 6.79. The van der Waals surface area contributed by atoms with Gasteiger partial charge in [-0.3, -0.25) is 4.90 Å². The molecule has 7 nitrogen and oxygen atoms in total. The zero-order chi connectivity index (χ0) is 21.1. The van der Waals surface area contributed by atoms with Crippen molar-refractivity contribution in [1.29, 1.82) is 0 Å². The highest BCUT2D eigenvalue weighted by Crippen LogP contribution is 2.35. The van der Waals surface area contributed by atoms with Crippen LogP contribution in [0.5, 0.6) is 0 Å². The number of halogens is 1. The summed E-state index contributed by atoms with van der Waals surface area (Å²) in [6, 6.07) is 13.6. The van der Waals surface area contributed by atoms with Gasteiger partial charge in [0.2, 0.25) is 0 Å². The number of nitrogens with two attached hydrogens (primary N) is 2. The van der Waals surface area contributed by atoms with E-state index in [0.717, 1.165) is 38.3 Å². The van der Waals surface area contributed by atoms with Gasteiger partial charge < -0.3 is 20.9 Å². The van der Waals surface area contributed by atoms with E-state index in [1.54, 1.807) is 0 Å². The van der Waals surface area contributed by atoms with Gasteiger partial charge in [0.15, 0.2) is 5.82 Å². The van der Waals surface area contributed by atoms with Gasteiger partial charge in [-0.1, -0.05) is 41.9 Å². The van der Waals surface area contributed by atoms with Crippen LogP contribution in [0, 0.1) is 0 Å². The molecule has 1 aliphatic heterocycles. The first-order valence-electron chi connectivity index (χ1n) is 10.2. The van der Waals surface area contributed by atoms with Crippen molar-refractivity contribution < 1.29 is 0 Å². The second-order valence-corrected chi connectivity index (χ2v) is 8.01. The molecule has 0 unspecified atom stereocenters. The monoisotopic (exact) mass is 425 g/mol. The zero-order valence-electron chi connectivity index (χ0n) is 17.2. The van der Waals surface area contributed by atoms with Crippen LogP contribution < -0.4 is 11.5 Å². The molecule has 1 aliphatic rings. The number of hydrogen-bond donors (Lipinski definition) is 2. The van der Waals surface area contributed by atoms with Crippen molar-refractivity contribution in [2.75, 3.05) is 45.5 Å². The van der Waals surface area contributed by atoms with Gasteiger partial charge in [0, 0.05) is 45.1 Å². The van der Waals surface area contributed by atoms with Crippen LogP contribution in [0.4, 0.5) is 5.82 Å². The zero-order valence-corrected chi connectivity index (χ0v) is 18.0. The number of likely N-dealkylation sites (N-methyl/N-ethyl adjacent to an activating group) is 1. The predicted octanol–water partition coefficient (Wildman–Crippen LogP) is 2.53. The first kappa shape index (κ1) is 20.5. The van der Waals surface area contributed by atoms with Crippen LogP contribution in [0.3, 0.4) is 0 Å². The van der Waals surface area contributed by atoms with Gasteiger partial charge in [0.25, 0.3) is 0 Å². The highest BCUT2D eigenvalue weighted by atomic mass is 35.5. The molecule has 2 aromatic heterocycles. The van der Waals surface area contributed by atoms with Crippen molar-refractivity contribution in [3.63, 3.8) is 0 Å². The number of hydrogen-bond acceptors (Lipinski definition) is 5. The van der Waals surface area contributed by atoms with E-state index in [1.807, 2.05) is 64.1 Å². The van der Waals surface area contributed by atoms with Crippen molar-refractivity contribution >= 4 is 28.1 Å². The average molecular weight is 426 g/mol. The fourth-order valence-electron chi connectivity index (χ4n) is 3.69. The van der Waals surface area contributed by atoms with E-state index in [9.17, 15) is 0 Å². The molecule has 4 rings (SSSR count). The summed E-state index contributed by atoms with van der Waals surface area (Å²) in [5.41, 5.74) is 15.0. The van der Waals surface area contributed by atoms with E-state index >= 15 is 0 Å². The van der Waals surface area contributed by atoms with Crippen molar-refractivity contribution in [2.45, 2.75) is 6.54 Å². The number of rotatable bonds is 6. The summed E-state index contributed by atoms with van der Waals surface area (Å²) in [6.45, 7) is 5.85. The van der Waals surface area contributed by atoms with Gasteiger partial charge in [0.1, 0.15) is 5.82 Å². The van der Waals surface area contributed by atoms with E-state index in [2.05, 4.69) is 16.8 Å². The second-order valence-electron chi connectivity index (χ2n) is 7.64. The average Bonchev–Trinajstić information content (AvgIpc) is 3.41. The van der Waals surface area contributed by atoms with Crippen molar-refractivity contribution in [3.8, 4) is 5.82 Å². The van der Waals surface area contributed by atoms with Crippen LogP contribution >= 0.6 is 11.6 Å². The fraction of sp³-hybridized carbons (Fsp3) is 0.318. The number of nitrogen functional groups attached to an aromatic ring is 1. The molecule has 1 aromatic carbocycles. The van der Waals surface area contributed by atoms with E-state index in [1.165, 1.54) is 0 Å². The van der Waals surface area contributed by atoms with Crippen molar-refractivity contribution in [1.82, 2.24) is 24.1 Å². The van der Waals surface area contributed by atoms with Crippen LogP contribution in [0.1, 0.15) is 11.1 Å². The maximum absolute atomic E-state index is 6.79. The molecule has 8 heteroatoms. The van der Waals surface area contributed by atoms with Crippen LogP contribution in [-0.4, -0.2) is 63.9 Å². The minimum Gasteiger partial charge on any atom is -0.397 e. The van der Waals surface area contributed by atoms with Crippen molar-refractivity contribution in [3.05, 3.63) is 66.0 Å². The van der Waals surface area contributed by atoms with E-state index in [-0.39, 0.29) is 0 Å². The lowest BCUT2D eigenvalue weighted by atomic mass is 10.1. The summed E-state index contributed by atoms with van der Waals surface area (Å²) in [4.78, 5) is 4.78. The van der Waals surface area contributed by atoms with Gasteiger partial charge in [0.05, 0.1) is 22.8 Å². The maximum atomic E-state index is 6.79. The molecule has 3 heterocycles. The molecular formula is C22H28ClN7. The molecule has 0 bridgehead atoms. The summed E-state index contributed by atoms with van der Waals surface area (Å²) in [7, 11) is 2.16. The Morgan fingerprint density at radius 2 is 1.67 bits per heavy atom. The molecule has 158 valence electrons. The van der Waals surface area contributed by atoms with E-state index in [0.29, 0.717) is 34.5 Å². The number of anilines is 1. The fourth-order valence-corrected chi connectivity index (χ4v) is 3.98. The number of nitrogens with zero attached hydrogens (tertiary/aromatic N) is 5. The molecule has 0 saturated carbocycles. The molecule has 0 spiro atoms. The predicted molar refractivity (Wildman–Crippen MR) is 123 cm³/mol. The van der Waals surface area contributed by atoms with Gasteiger partial charge >= 0.3 is 0 Å².